The predicted molar refractivity (Wildman–Crippen MR) is 115 cm³/mol. The number of allylic oxidation sites excluding steroid dienone is 2. The molecule has 0 saturated heterocycles. The van der Waals surface area contributed by atoms with Crippen LogP contribution in [0, 0.1) is 0 Å². The zero-order valence-electron chi connectivity index (χ0n) is 17.7. The van der Waals surface area contributed by atoms with Gasteiger partial charge >= 0.3 is 6.18 Å². The van der Waals surface area contributed by atoms with Crippen LogP contribution in [-0.4, -0.2) is 51.5 Å². The molecule has 13 heteroatoms. The number of hydrogen-bond acceptors (Lipinski definition) is 8. The Bertz CT molecular complexity index is 1050. The summed E-state index contributed by atoms with van der Waals surface area (Å²) >= 11 is 1.16. The van der Waals surface area contributed by atoms with E-state index in [1.54, 1.807) is 12.1 Å². The van der Waals surface area contributed by atoms with E-state index in [1.807, 2.05) is 0 Å². The molecule has 0 radical (unpaired) electrons. The second kappa shape index (κ2) is 11.0. The van der Waals surface area contributed by atoms with Crippen LogP contribution in [0.15, 0.2) is 35.6 Å². The number of dihydropyridines is 1. The fourth-order valence-corrected chi connectivity index (χ4v) is 3.72. The van der Waals surface area contributed by atoms with Gasteiger partial charge in [0.25, 0.3) is 5.91 Å². The SMILES string of the molecule is CC(=O)Nc1ccc(CCCCc2nnc(C(=O)NCC3=CC(C(F)(F)F)=CNC3)s2)nn1. The van der Waals surface area contributed by atoms with Crippen molar-refractivity contribution in [3.05, 3.63) is 51.3 Å². The van der Waals surface area contributed by atoms with Crippen molar-refractivity contribution in [3.63, 3.8) is 0 Å². The van der Waals surface area contributed by atoms with Crippen molar-refractivity contribution in [2.24, 2.45) is 0 Å². The minimum Gasteiger partial charge on any atom is -0.387 e. The summed E-state index contributed by atoms with van der Waals surface area (Å²) in [5.41, 5.74) is 0.429. The number of nitrogens with zero attached hydrogens (tertiary/aromatic N) is 4. The van der Waals surface area contributed by atoms with Gasteiger partial charge in [-0.25, -0.2) is 0 Å². The van der Waals surface area contributed by atoms with Crippen molar-refractivity contribution < 1.29 is 22.8 Å². The van der Waals surface area contributed by atoms with Crippen LogP contribution in [0.25, 0.3) is 0 Å². The Balaban J connectivity index is 1.40. The van der Waals surface area contributed by atoms with E-state index >= 15 is 0 Å². The zero-order valence-corrected chi connectivity index (χ0v) is 18.5. The molecule has 3 rings (SSSR count). The van der Waals surface area contributed by atoms with Crippen molar-refractivity contribution in [1.29, 1.82) is 0 Å². The number of aromatic nitrogens is 4. The molecule has 33 heavy (non-hydrogen) atoms. The van der Waals surface area contributed by atoms with Gasteiger partial charge in [0.05, 0.1) is 11.3 Å². The Kier molecular flexibility index (Phi) is 8.09. The first kappa shape index (κ1) is 24.3. The molecule has 0 unspecified atom stereocenters. The van der Waals surface area contributed by atoms with Crippen LogP contribution in [0.2, 0.25) is 0 Å². The molecule has 0 saturated carbocycles. The lowest BCUT2D eigenvalue weighted by Gasteiger charge is -2.17. The topological polar surface area (TPSA) is 122 Å². The summed E-state index contributed by atoms with van der Waals surface area (Å²) in [6, 6.07) is 3.50. The first-order valence-electron chi connectivity index (χ1n) is 10.1. The maximum Gasteiger partial charge on any atom is 0.417 e. The third-order valence-electron chi connectivity index (χ3n) is 4.51. The van der Waals surface area contributed by atoms with Crippen LogP contribution >= 0.6 is 11.3 Å². The van der Waals surface area contributed by atoms with E-state index in [2.05, 4.69) is 36.3 Å². The lowest BCUT2D eigenvalue weighted by atomic mass is 10.1. The maximum absolute atomic E-state index is 12.8. The minimum atomic E-state index is -4.44. The largest absolute Gasteiger partial charge is 0.417 e. The number of nitrogens with one attached hydrogen (secondary N) is 3. The molecule has 0 fully saturated rings. The number of alkyl halides is 3. The van der Waals surface area contributed by atoms with Gasteiger partial charge in [0.1, 0.15) is 5.01 Å². The van der Waals surface area contributed by atoms with Gasteiger partial charge in [-0.3, -0.25) is 9.59 Å². The van der Waals surface area contributed by atoms with Gasteiger partial charge in [-0.1, -0.05) is 11.3 Å². The van der Waals surface area contributed by atoms with Gasteiger partial charge in [0.2, 0.25) is 10.9 Å². The summed E-state index contributed by atoms with van der Waals surface area (Å²) in [6.45, 7) is 1.60. The summed E-state index contributed by atoms with van der Waals surface area (Å²) in [4.78, 5) is 23.2. The summed E-state index contributed by atoms with van der Waals surface area (Å²) in [5, 5.41) is 24.5. The highest BCUT2D eigenvalue weighted by Gasteiger charge is 2.33. The number of aryl methyl sites for hydroxylation is 2. The van der Waals surface area contributed by atoms with Crippen LogP contribution < -0.4 is 16.0 Å². The highest BCUT2D eigenvalue weighted by Crippen LogP contribution is 2.28. The minimum absolute atomic E-state index is 0.0179. The molecule has 9 nitrogen and oxygen atoms in total. The van der Waals surface area contributed by atoms with E-state index in [1.165, 1.54) is 6.92 Å². The van der Waals surface area contributed by atoms with E-state index in [4.69, 9.17) is 0 Å². The second-order valence-corrected chi connectivity index (χ2v) is 8.32. The Hall–Kier alpha value is -3.35. The smallest absolute Gasteiger partial charge is 0.387 e. The molecule has 176 valence electrons. The molecule has 2 amide bonds. The van der Waals surface area contributed by atoms with Gasteiger partial charge in [-0.05, 0) is 43.0 Å². The molecule has 2 aromatic heterocycles. The summed E-state index contributed by atoms with van der Waals surface area (Å²) < 4.78 is 38.4. The number of amides is 2. The van der Waals surface area contributed by atoms with Gasteiger partial charge in [0.15, 0.2) is 5.82 Å². The normalized spacial score (nSPS) is 13.6. The van der Waals surface area contributed by atoms with Crippen molar-refractivity contribution >= 4 is 29.0 Å². The van der Waals surface area contributed by atoms with E-state index < -0.39 is 17.7 Å². The van der Waals surface area contributed by atoms with E-state index in [0.29, 0.717) is 29.2 Å². The predicted octanol–water partition coefficient (Wildman–Crippen LogP) is 2.56. The molecule has 1 aliphatic heterocycles. The third kappa shape index (κ3) is 7.63. The molecular formula is C20H22F3N7O2S. The van der Waals surface area contributed by atoms with E-state index in [9.17, 15) is 22.8 Å². The van der Waals surface area contributed by atoms with Crippen LogP contribution in [0.3, 0.4) is 0 Å². The summed E-state index contributed by atoms with van der Waals surface area (Å²) in [5.74, 6) is -0.283. The van der Waals surface area contributed by atoms with Crippen molar-refractivity contribution in [2.75, 3.05) is 18.4 Å². The van der Waals surface area contributed by atoms with Crippen molar-refractivity contribution in [2.45, 2.75) is 38.8 Å². The Morgan fingerprint density at radius 2 is 1.91 bits per heavy atom. The lowest BCUT2D eigenvalue weighted by molar-refractivity contribution is -0.114. The van der Waals surface area contributed by atoms with Gasteiger partial charge < -0.3 is 16.0 Å². The standard InChI is InChI=1S/C20H22F3N7O2S/c1-12(31)26-16-7-6-15(27-28-16)4-2-3-5-17-29-30-19(33-17)18(32)25-10-13-8-14(11-24-9-13)20(21,22)23/h6-8,11,24H,2-5,9-10H2,1H3,(H,25,32)(H,26,28,31). The molecule has 0 atom stereocenters. The third-order valence-corrected chi connectivity index (χ3v) is 5.49. The number of rotatable bonds is 9. The Morgan fingerprint density at radius 3 is 2.61 bits per heavy atom. The first-order valence-corrected chi connectivity index (χ1v) is 10.9. The quantitative estimate of drug-likeness (QED) is 0.471. The highest BCUT2D eigenvalue weighted by atomic mass is 32.1. The van der Waals surface area contributed by atoms with Crippen LogP contribution in [-0.2, 0) is 17.6 Å². The molecule has 3 heterocycles. The average Bonchev–Trinajstić information content (AvgIpc) is 3.24. The van der Waals surface area contributed by atoms with Gasteiger partial charge in [-0.2, -0.15) is 18.3 Å². The Morgan fingerprint density at radius 1 is 1.12 bits per heavy atom. The van der Waals surface area contributed by atoms with Crippen molar-refractivity contribution in [3.8, 4) is 0 Å². The number of anilines is 1. The number of halogens is 3. The van der Waals surface area contributed by atoms with E-state index in [0.717, 1.165) is 42.1 Å². The fraction of sp³-hybridized carbons (Fsp3) is 0.400. The second-order valence-electron chi connectivity index (χ2n) is 7.26. The fourth-order valence-electron chi connectivity index (χ4n) is 2.92. The summed E-state index contributed by atoms with van der Waals surface area (Å²) in [6.07, 6.45) is 0.464. The molecule has 3 N–H and O–H groups in total. The number of carbonyl (C=O) groups is 2. The van der Waals surface area contributed by atoms with Gasteiger partial charge in [-0.15, -0.1) is 15.3 Å². The van der Waals surface area contributed by atoms with E-state index in [-0.39, 0.29) is 24.0 Å². The van der Waals surface area contributed by atoms with Crippen molar-refractivity contribution in [1.82, 2.24) is 31.0 Å². The first-order chi connectivity index (χ1) is 15.7. The van der Waals surface area contributed by atoms with Gasteiger partial charge in [0, 0.05) is 32.6 Å². The highest BCUT2D eigenvalue weighted by molar-refractivity contribution is 7.13. The number of unbranched alkanes of at least 4 members (excludes halogenated alkanes) is 1. The number of hydrogen-bond donors (Lipinski definition) is 3. The zero-order chi connectivity index (χ0) is 23.8. The molecule has 0 aromatic carbocycles. The van der Waals surface area contributed by atoms with Crippen LogP contribution in [0.1, 0.15) is 40.3 Å². The molecular weight excluding hydrogens is 459 g/mol. The molecule has 1 aliphatic rings. The molecule has 2 aromatic rings. The Labute approximate surface area is 191 Å². The van der Waals surface area contributed by atoms with Crippen LogP contribution in [0.4, 0.5) is 19.0 Å². The maximum atomic E-state index is 12.8. The number of carbonyl (C=O) groups excluding carboxylic acids is 2. The average molecular weight is 482 g/mol. The molecule has 0 bridgehead atoms. The molecule has 0 spiro atoms. The lowest BCUT2D eigenvalue weighted by Crippen LogP contribution is -2.31. The monoisotopic (exact) mass is 481 g/mol. The summed E-state index contributed by atoms with van der Waals surface area (Å²) in [7, 11) is 0. The molecule has 0 aliphatic carbocycles. The van der Waals surface area contributed by atoms with Crippen LogP contribution in [0.5, 0.6) is 0 Å².